The van der Waals surface area contributed by atoms with Crippen LogP contribution in [0.5, 0.6) is 0 Å². The first-order chi connectivity index (χ1) is 9.72. The zero-order chi connectivity index (χ0) is 15.7. The molecule has 122 valence electrons. The van der Waals surface area contributed by atoms with E-state index in [1.807, 2.05) is 0 Å². The minimum atomic E-state index is 0.0115. The van der Waals surface area contributed by atoms with E-state index >= 15 is 0 Å². The SMILES string of the molecule is CC(C)(C)C1CCCN(C(=O)C2NCCCC2(C)C)CC1. The summed E-state index contributed by atoms with van der Waals surface area (Å²) in [5.74, 6) is 1.08. The molecule has 3 heteroatoms. The maximum atomic E-state index is 12.9. The second kappa shape index (κ2) is 6.28. The molecular formula is C18H34N2O. The molecule has 0 spiro atoms. The number of hydrogen-bond acceptors (Lipinski definition) is 2. The number of carbonyl (C=O) groups is 1. The fraction of sp³-hybridized carbons (Fsp3) is 0.944. The van der Waals surface area contributed by atoms with E-state index in [0.717, 1.165) is 44.8 Å². The lowest BCUT2D eigenvalue weighted by atomic mass is 9.76. The molecule has 21 heavy (non-hydrogen) atoms. The molecular weight excluding hydrogens is 260 g/mol. The molecule has 0 aromatic carbocycles. The second-order valence-corrected chi connectivity index (χ2v) is 8.80. The molecule has 1 N–H and O–H groups in total. The summed E-state index contributed by atoms with van der Waals surface area (Å²) in [7, 11) is 0. The van der Waals surface area contributed by atoms with Crippen LogP contribution in [-0.4, -0.2) is 36.5 Å². The summed E-state index contributed by atoms with van der Waals surface area (Å²) in [4.78, 5) is 15.1. The minimum Gasteiger partial charge on any atom is -0.341 e. The molecule has 0 radical (unpaired) electrons. The van der Waals surface area contributed by atoms with Crippen molar-refractivity contribution in [2.45, 2.75) is 72.8 Å². The van der Waals surface area contributed by atoms with Crippen molar-refractivity contribution in [1.29, 1.82) is 0 Å². The zero-order valence-corrected chi connectivity index (χ0v) is 14.7. The largest absolute Gasteiger partial charge is 0.341 e. The maximum absolute atomic E-state index is 12.9. The summed E-state index contributed by atoms with van der Waals surface area (Å²) in [5, 5.41) is 3.48. The molecule has 2 aliphatic rings. The Hall–Kier alpha value is -0.570. The summed E-state index contributed by atoms with van der Waals surface area (Å²) >= 11 is 0. The van der Waals surface area contributed by atoms with Crippen LogP contribution in [0.3, 0.4) is 0 Å². The third-order valence-electron chi connectivity index (χ3n) is 5.64. The Labute approximate surface area is 130 Å². The predicted molar refractivity (Wildman–Crippen MR) is 88.2 cm³/mol. The Morgan fingerprint density at radius 1 is 1.14 bits per heavy atom. The number of hydrogen-bond donors (Lipinski definition) is 1. The molecule has 0 aromatic heterocycles. The normalized spacial score (nSPS) is 30.8. The van der Waals surface area contributed by atoms with Crippen molar-refractivity contribution in [3.63, 3.8) is 0 Å². The van der Waals surface area contributed by atoms with E-state index in [4.69, 9.17) is 0 Å². The van der Waals surface area contributed by atoms with Crippen LogP contribution in [0.25, 0.3) is 0 Å². The number of rotatable bonds is 1. The van der Waals surface area contributed by atoms with E-state index in [0.29, 0.717) is 11.3 Å². The molecule has 0 saturated carbocycles. The molecule has 0 bridgehead atoms. The number of carbonyl (C=O) groups excluding carboxylic acids is 1. The van der Waals surface area contributed by atoms with Gasteiger partial charge in [-0.25, -0.2) is 0 Å². The minimum absolute atomic E-state index is 0.0115. The molecule has 2 atom stereocenters. The van der Waals surface area contributed by atoms with Gasteiger partial charge in [-0.2, -0.15) is 0 Å². The zero-order valence-electron chi connectivity index (χ0n) is 14.7. The van der Waals surface area contributed by atoms with Gasteiger partial charge < -0.3 is 10.2 Å². The van der Waals surface area contributed by atoms with Crippen molar-refractivity contribution in [2.75, 3.05) is 19.6 Å². The van der Waals surface area contributed by atoms with Crippen molar-refractivity contribution in [3.05, 3.63) is 0 Å². The Balaban J connectivity index is 2.00. The number of nitrogens with one attached hydrogen (secondary N) is 1. The molecule has 0 aromatic rings. The van der Waals surface area contributed by atoms with Gasteiger partial charge in [-0.15, -0.1) is 0 Å². The molecule has 2 aliphatic heterocycles. The third kappa shape index (κ3) is 4.00. The van der Waals surface area contributed by atoms with Gasteiger partial charge in [0.25, 0.3) is 0 Å². The molecule has 2 unspecified atom stereocenters. The summed E-state index contributed by atoms with van der Waals surface area (Å²) in [6.07, 6.45) is 5.90. The molecule has 2 saturated heterocycles. The Kier molecular flexibility index (Phi) is 5.02. The summed E-state index contributed by atoms with van der Waals surface area (Å²) < 4.78 is 0. The summed E-state index contributed by atoms with van der Waals surface area (Å²) in [6, 6.07) is 0.0115. The topological polar surface area (TPSA) is 32.3 Å². The van der Waals surface area contributed by atoms with Crippen molar-refractivity contribution in [2.24, 2.45) is 16.7 Å². The number of piperidine rings is 1. The van der Waals surface area contributed by atoms with Gasteiger partial charge in [-0.3, -0.25) is 4.79 Å². The Morgan fingerprint density at radius 3 is 2.48 bits per heavy atom. The average molecular weight is 294 g/mol. The van der Waals surface area contributed by atoms with Gasteiger partial charge in [0.1, 0.15) is 0 Å². The van der Waals surface area contributed by atoms with Crippen LogP contribution in [0.2, 0.25) is 0 Å². The summed E-state index contributed by atoms with van der Waals surface area (Å²) in [6.45, 7) is 14.3. The highest BCUT2D eigenvalue weighted by Gasteiger charge is 2.40. The molecule has 2 fully saturated rings. The highest BCUT2D eigenvalue weighted by molar-refractivity contribution is 5.83. The van der Waals surface area contributed by atoms with Gasteiger partial charge in [-0.1, -0.05) is 34.6 Å². The molecule has 0 aliphatic carbocycles. The first-order valence-corrected chi connectivity index (χ1v) is 8.74. The van der Waals surface area contributed by atoms with Crippen molar-refractivity contribution < 1.29 is 4.79 Å². The number of amides is 1. The lowest BCUT2D eigenvalue weighted by molar-refractivity contribution is -0.137. The predicted octanol–water partition coefficient (Wildman–Crippen LogP) is 3.44. The van der Waals surface area contributed by atoms with Crippen LogP contribution in [0.4, 0.5) is 0 Å². The quantitative estimate of drug-likeness (QED) is 0.803. The molecule has 3 nitrogen and oxygen atoms in total. The van der Waals surface area contributed by atoms with Gasteiger partial charge in [0.15, 0.2) is 0 Å². The van der Waals surface area contributed by atoms with Gasteiger partial charge >= 0.3 is 0 Å². The molecule has 2 rings (SSSR count). The van der Waals surface area contributed by atoms with E-state index in [2.05, 4.69) is 44.8 Å². The standard InChI is InChI=1S/C18H34N2O/c1-17(2,3)14-8-6-12-20(13-9-14)16(21)15-18(4,5)10-7-11-19-15/h14-15,19H,6-13H2,1-5H3. The molecule has 2 heterocycles. The fourth-order valence-corrected chi connectivity index (χ4v) is 4.00. The van der Waals surface area contributed by atoms with Crippen molar-refractivity contribution in [3.8, 4) is 0 Å². The van der Waals surface area contributed by atoms with Crippen LogP contribution in [0.1, 0.15) is 66.7 Å². The van der Waals surface area contributed by atoms with E-state index in [9.17, 15) is 4.79 Å². The van der Waals surface area contributed by atoms with Crippen LogP contribution >= 0.6 is 0 Å². The van der Waals surface area contributed by atoms with Crippen LogP contribution < -0.4 is 5.32 Å². The molecule has 1 amide bonds. The fourth-order valence-electron chi connectivity index (χ4n) is 4.00. The maximum Gasteiger partial charge on any atom is 0.240 e. The van der Waals surface area contributed by atoms with Crippen LogP contribution in [0, 0.1) is 16.7 Å². The van der Waals surface area contributed by atoms with E-state index < -0.39 is 0 Å². The first-order valence-electron chi connectivity index (χ1n) is 8.74. The van der Waals surface area contributed by atoms with Crippen LogP contribution in [0.15, 0.2) is 0 Å². The third-order valence-corrected chi connectivity index (χ3v) is 5.64. The van der Waals surface area contributed by atoms with Crippen LogP contribution in [-0.2, 0) is 4.79 Å². The average Bonchev–Trinajstić information content (AvgIpc) is 2.62. The second-order valence-electron chi connectivity index (χ2n) is 8.80. The van der Waals surface area contributed by atoms with Gasteiger partial charge in [0, 0.05) is 13.1 Å². The van der Waals surface area contributed by atoms with Crippen molar-refractivity contribution >= 4 is 5.91 Å². The van der Waals surface area contributed by atoms with E-state index in [-0.39, 0.29) is 11.5 Å². The van der Waals surface area contributed by atoms with Crippen molar-refractivity contribution in [1.82, 2.24) is 10.2 Å². The smallest absolute Gasteiger partial charge is 0.240 e. The van der Waals surface area contributed by atoms with Gasteiger partial charge in [0.05, 0.1) is 6.04 Å². The number of nitrogens with zero attached hydrogens (tertiary/aromatic N) is 1. The lowest BCUT2D eigenvalue weighted by Crippen LogP contribution is -2.56. The monoisotopic (exact) mass is 294 g/mol. The van der Waals surface area contributed by atoms with E-state index in [1.54, 1.807) is 0 Å². The Morgan fingerprint density at radius 2 is 1.86 bits per heavy atom. The van der Waals surface area contributed by atoms with Gasteiger partial charge in [-0.05, 0) is 55.4 Å². The van der Waals surface area contributed by atoms with E-state index in [1.165, 1.54) is 12.8 Å². The first kappa shape index (κ1) is 16.8. The highest BCUT2D eigenvalue weighted by atomic mass is 16.2. The number of likely N-dealkylation sites (tertiary alicyclic amines) is 1. The van der Waals surface area contributed by atoms with Gasteiger partial charge in [0.2, 0.25) is 5.91 Å². The summed E-state index contributed by atoms with van der Waals surface area (Å²) in [5.41, 5.74) is 0.451. The highest BCUT2D eigenvalue weighted by Crippen LogP contribution is 2.35. The lowest BCUT2D eigenvalue weighted by Gasteiger charge is -2.40. The Bertz CT molecular complexity index is 370.